The molecule has 1 aliphatic rings. The van der Waals surface area contributed by atoms with Crippen molar-refractivity contribution in [3.63, 3.8) is 0 Å². The molecular formula is C20H26N4O3S. The van der Waals surface area contributed by atoms with Crippen molar-refractivity contribution in [2.45, 2.75) is 32.9 Å². The second-order valence-corrected chi connectivity index (χ2v) is 8.20. The van der Waals surface area contributed by atoms with E-state index in [2.05, 4.69) is 4.98 Å². The fourth-order valence-electron chi connectivity index (χ4n) is 3.03. The lowest BCUT2D eigenvalue weighted by Crippen LogP contribution is -2.52. The lowest BCUT2D eigenvalue weighted by atomic mass is 10.2. The molecule has 0 unspecified atom stereocenters. The number of H-pyrrole nitrogens is 1. The van der Waals surface area contributed by atoms with Gasteiger partial charge in [0.25, 0.3) is 0 Å². The van der Waals surface area contributed by atoms with Crippen molar-refractivity contribution in [3.8, 4) is 11.3 Å². The topological polar surface area (TPSA) is 70.6 Å². The van der Waals surface area contributed by atoms with Crippen LogP contribution in [0.15, 0.2) is 36.5 Å². The van der Waals surface area contributed by atoms with Crippen LogP contribution in [0.2, 0.25) is 0 Å². The molecule has 0 bridgehead atoms. The van der Waals surface area contributed by atoms with E-state index in [9.17, 15) is 9.59 Å². The smallest absolute Gasteiger partial charge is 0.410 e. The molecule has 1 aromatic carbocycles. The SMILES string of the molecule is CC(C)(C)OC(=O)N1CCN(C(=O)Cn2cc(-c3ccccc3)[nH]c2=S)CC1. The first kappa shape index (κ1) is 20.1. The maximum absolute atomic E-state index is 12.7. The number of aromatic nitrogens is 2. The molecule has 7 nitrogen and oxygen atoms in total. The Bertz CT molecular complexity index is 890. The average molecular weight is 403 g/mol. The molecule has 0 atom stereocenters. The fourth-order valence-corrected chi connectivity index (χ4v) is 3.25. The molecule has 0 spiro atoms. The second-order valence-electron chi connectivity index (χ2n) is 7.82. The molecule has 2 aromatic rings. The van der Waals surface area contributed by atoms with Crippen molar-refractivity contribution >= 4 is 24.2 Å². The number of carbonyl (C=O) groups excluding carboxylic acids is 2. The van der Waals surface area contributed by atoms with Crippen molar-refractivity contribution in [2.24, 2.45) is 0 Å². The summed E-state index contributed by atoms with van der Waals surface area (Å²) in [4.78, 5) is 31.4. The van der Waals surface area contributed by atoms with Gasteiger partial charge in [-0.25, -0.2) is 4.79 Å². The second kappa shape index (κ2) is 8.18. The van der Waals surface area contributed by atoms with E-state index >= 15 is 0 Å². The lowest BCUT2D eigenvalue weighted by Gasteiger charge is -2.35. The van der Waals surface area contributed by atoms with Crippen molar-refractivity contribution in [1.82, 2.24) is 19.4 Å². The van der Waals surface area contributed by atoms with Gasteiger partial charge in [-0.1, -0.05) is 30.3 Å². The number of aromatic amines is 1. The van der Waals surface area contributed by atoms with Gasteiger partial charge in [-0.3, -0.25) is 4.79 Å². The minimum atomic E-state index is -0.523. The van der Waals surface area contributed by atoms with Gasteiger partial charge in [0.15, 0.2) is 4.77 Å². The number of ether oxygens (including phenoxy) is 1. The predicted octanol–water partition coefficient (Wildman–Crippen LogP) is 3.29. The normalized spacial score (nSPS) is 14.8. The van der Waals surface area contributed by atoms with Gasteiger partial charge in [0.1, 0.15) is 12.1 Å². The molecular weight excluding hydrogens is 376 g/mol. The number of amides is 2. The van der Waals surface area contributed by atoms with E-state index in [0.717, 1.165) is 11.3 Å². The molecule has 2 heterocycles. The average Bonchev–Trinajstić information content (AvgIpc) is 3.02. The van der Waals surface area contributed by atoms with Gasteiger partial charge in [-0.15, -0.1) is 0 Å². The van der Waals surface area contributed by atoms with Gasteiger partial charge < -0.3 is 24.1 Å². The zero-order valence-electron chi connectivity index (χ0n) is 16.5. The Balaban J connectivity index is 1.57. The van der Waals surface area contributed by atoms with E-state index in [1.165, 1.54) is 0 Å². The van der Waals surface area contributed by atoms with E-state index < -0.39 is 5.60 Å². The number of piperazine rings is 1. The Morgan fingerprint density at radius 2 is 1.68 bits per heavy atom. The first-order valence-corrected chi connectivity index (χ1v) is 9.74. The van der Waals surface area contributed by atoms with Crippen LogP contribution in [0.1, 0.15) is 20.8 Å². The Morgan fingerprint density at radius 3 is 2.29 bits per heavy atom. The number of hydrogen-bond donors (Lipinski definition) is 1. The first-order valence-electron chi connectivity index (χ1n) is 9.33. The maximum atomic E-state index is 12.7. The molecule has 1 aromatic heterocycles. The summed E-state index contributed by atoms with van der Waals surface area (Å²) in [7, 11) is 0. The van der Waals surface area contributed by atoms with Crippen LogP contribution < -0.4 is 0 Å². The third kappa shape index (κ3) is 5.01. The number of benzene rings is 1. The Morgan fingerprint density at radius 1 is 1.07 bits per heavy atom. The predicted molar refractivity (Wildman–Crippen MR) is 109 cm³/mol. The number of hydrogen-bond acceptors (Lipinski definition) is 4. The van der Waals surface area contributed by atoms with Crippen molar-refractivity contribution in [3.05, 3.63) is 41.3 Å². The van der Waals surface area contributed by atoms with Gasteiger partial charge >= 0.3 is 6.09 Å². The maximum Gasteiger partial charge on any atom is 0.410 e. The first-order chi connectivity index (χ1) is 13.2. The zero-order chi connectivity index (χ0) is 20.3. The quantitative estimate of drug-likeness (QED) is 0.800. The summed E-state index contributed by atoms with van der Waals surface area (Å²) in [6, 6.07) is 9.85. The fraction of sp³-hybridized carbons (Fsp3) is 0.450. The van der Waals surface area contributed by atoms with Crippen LogP contribution in [0.25, 0.3) is 11.3 Å². The molecule has 8 heteroatoms. The number of rotatable bonds is 3. The number of carbonyl (C=O) groups is 2. The van der Waals surface area contributed by atoms with Crippen LogP contribution in [0.4, 0.5) is 4.79 Å². The summed E-state index contributed by atoms with van der Waals surface area (Å²) in [6.45, 7) is 7.61. The number of imidazole rings is 1. The lowest BCUT2D eigenvalue weighted by molar-refractivity contribution is -0.133. The molecule has 1 N–H and O–H groups in total. The van der Waals surface area contributed by atoms with Crippen LogP contribution in [-0.4, -0.2) is 63.1 Å². The molecule has 0 saturated carbocycles. The van der Waals surface area contributed by atoms with Gasteiger partial charge in [0.2, 0.25) is 5.91 Å². The molecule has 150 valence electrons. The van der Waals surface area contributed by atoms with E-state index in [1.807, 2.05) is 57.3 Å². The van der Waals surface area contributed by atoms with E-state index in [0.29, 0.717) is 31.0 Å². The Hall–Kier alpha value is -2.61. The molecule has 2 amide bonds. The third-order valence-electron chi connectivity index (χ3n) is 4.46. The van der Waals surface area contributed by atoms with Crippen molar-refractivity contribution in [1.29, 1.82) is 0 Å². The Kier molecular flexibility index (Phi) is 5.88. The van der Waals surface area contributed by atoms with E-state index in [-0.39, 0.29) is 18.5 Å². The highest BCUT2D eigenvalue weighted by molar-refractivity contribution is 7.71. The number of nitrogens with zero attached hydrogens (tertiary/aromatic N) is 3. The van der Waals surface area contributed by atoms with Crippen molar-refractivity contribution in [2.75, 3.05) is 26.2 Å². The van der Waals surface area contributed by atoms with Crippen LogP contribution in [-0.2, 0) is 16.1 Å². The number of nitrogens with one attached hydrogen (secondary N) is 1. The molecule has 1 saturated heterocycles. The summed E-state index contributed by atoms with van der Waals surface area (Å²) in [6.07, 6.45) is 1.53. The van der Waals surface area contributed by atoms with Gasteiger partial charge in [-0.2, -0.15) is 0 Å². The van der Waals surface area contributed by atoms with Gasteiger partial charge in [0.05, 0.1) is 5.69 Å². The minimum Gasteiger partial charge on any atom is -0.444 e. The van der Waals surface area contributed by atoms with E-state index in [4.69, 9.17) is 17.0 Å². The summed E-state index contributed by atoms with van der Waals surface area (Å²) >= 11 is 5.36. The molecule has 3 rings (SSSR count). The highest BCUT2D eigenvalue weighted by Crippen LogP contribution is 2.17. The highest BCUT2D eigenvalue weighted by atomic mass is 32.1. The summed E-state index contributed by atoms with van der Waals surface area (Å²) in [5, 5.41) is 0. The van der Waals surface area contributed by atoms with Gasteiger partial charge in [0, 0.05) is 32.4 Å². The molecule has 0 aliphatic carbocycles. The molecule has 0 radical (unpaired) electrons. The highest BCUT2D eigenvalue weighted by Gasteiger charge is 2.27. The van der Waals surface area contributed by atoms with Crippen LogP contribution in [0, 0.1) is 4.77 Å². The zero-order valence-corrected chi connectivity index (χ0v) is 17.3. The van der Waals surface area contributed by atoms with Crippen molar-refractivity contribution < 1.29 is 14.3 Å². The summed E-state index contributed by atoms with van der Waals surface area (Å²) in [5.74, 6) is -0.0152. The molecule has 1 fully saturated rings. The Labute approximate surface area is 169 Å². The minimum absolute atomic E-state index is 0.0152. The van der Waals surface area contributed by atoms with Crippen LogP contribution in [0.3, 0.4) is 0 Å². The summed E-state index contributed by atoms with van der Waals surface area (Å²) < 4.78 is 7.65. The summed E-state index contributed by atoms with van der Waals surface area (Å²) in [5.41, 5.74) is 1.38. The van der Waals surface area contributed by atoms with Gasteiger partial charge in [-0.05, 0) is 38.6 Å². The molecule has 28 heavy (non-hydrogen) atoms. The molecule has 1 aliphatic heterocycles. The van der Waals surface area contributed by atoms with Crippen LogP contribution >= 0.6 is 12.2 Å². The monoisotopic (exact) mass is 402 g/mol. The van der Waals surface area contributed by atoms with E-state index in [1.54, 1.807) is 14.4 Å². The standard InChI is InChI=1S/C20H26N4O3S/c1-20(2,3)27-19(26)23-11-9-22(10-12-23)17(25)14-24-13-16(21-18(24)28)15-7-5-4-6-8-15/h4-8,13H,9-12,14H2,1-3H3,(H,21,28). The largest absolute Gasteiger partial charge is 0.444 e. The van der Waals surface area contributed by atoms with Crippen LogP contribution in [0.5, 0.6) is 0 Å². The third-order valence-corrected chi connectivity index (χ3v) is 4.80.